The third-order valence-corrected chi connectivity index (χ3v) is 2.44. The molecule has 0 fully saturated rings. The molecule has 4 N–H and O–H groups in total. The molecule has 2 rings (SSSR count). The lowest BCUT2D eigenvalue weighted by atomic mass is 10.3. The number of hydrogen-bond acceptors (Lipinski definition) is 5. The second kappa shape index (κ2) is 4.92. The Labute approximate surface area is 107 Å². The average Bonchev–Trinajstić information content (AvgIpc) is 2.78. The largest absolute Gasteiger partial charge is 0.495 e. The molecule has 1 amide bonds. The van der Waals surface area contributed by atoms with Crippen molar-refractivity contribution in [1.29, 1.82) is 0 Å². The third kappa shape index (κ3) is 2.51. The summed E-state index contributed by atoms with van der Waals surface area (Å²) in [6.07, 6.45) is 0. The highest BCUT2D eigenvalue weighted by molar-refractivity contribution is 6.32. The smallest absolute Gasteiger partial charge is 0.293 e. The van der Waals surface area contributed by atoms with Crippen molar-refractivity contribution in [1.82, 2.24) is 15.2 Å². The summed E-state index contributed by atoms with van der Waals surface area (Å²) in [5.74, 6) is 0.0466. The number of amides is 1. The van der Waals surface area contributed by atoms with Crippen LogP contribution in [0.15, 0.2) is 18.2 Å². The average molecular weight is 268 g/mol. The number of anilines is 2. The van der Waals surface area contributed by atoms with Gasteiger partial charge in [-0.3, -0.25) is 9.89 Å². The van der Waals surface area contributed by atoms with Gasteiger partial charge in [0.1, 0.15) is 5.75 Å². The van der Waals surface area contributed by atoms with Crippen molar-refractivity contribution in [2.75, 3.05) is 18.2 Å². The Hall–Kier alpha value is -2.28. The molecule has 0 spiro atoms. The number of nitrogen functional groups attached to an aromatic ring is 1. The van der Waals surface area contributed by atoms with Gasteiger partial charge in [0, 0.05) is 11.8 Å². The predicted molar refractivity (Wildman–Crippen MR) is 66.8 cm³/mol. The van der Waals surface area contributed by atoms with Crippen LogP contribution in [0.5, 0.6) is 5.75 Å². The highest BCUT2D eigenvalue weighted by Crippen LogP contribution is 2.27. The molecule has 7 nitrogen and oxygen atoms in total. The zero-order valence-electron chi connectivity index (χ0n) is 9.40. The Kier molecular flexibility index (Phi) is 3.33. The standard InChI is InChI=1S/C10H10ClN5O2/c1-18-7-4-5(2-3-6(7)11)13-9(17)8-14-10(12)16-15-8/h2-4H,1H3,(H,13,17)(H3,12,14,15,16). The number of nitrogens with zero attached hydrogens (tertiary/aromatic N) is 2. The molecule has 0 saturated carbocycles. The van der Waals surface area contributed by atoms with Crippen LogP contribution in [0.3, 0.4) is 0 Å². The highest BCUT2D eigenvalue weighted by atomic mass is 35.5. The maximum atomic E-state index is 11.7. The summed E-state index contributed by atoms with van der Waals surface area (Å²) in [7, 11) is 1.49. The maximum absolute atomic E-state index is 11.7. The molecule has 1 heterocycles. The Morgan fingerprint density at radius 3 is 2.94 bits per heavy atom. The summed E-state index contributed by atoms with van der Waals surface area (Å²) < 4.78 is 5.04. The maximum Gasteiger partial charge on any atom is 0.293 e. The summed E-state index contributed by atoms with van der Waals surface area (Å²) >= 11 is 5.87. The molecule has 0 unspecified atom stereocenters. The normalized spacial score (nSPS) is 10.1. The van der Waals surface area contributed by atoms with Crippen LogP contribution in [0.25, 0.3) is 0 Å². The van der Waals surface area contributed by atoms with Crippen LogP contribution in [-0.2, 0) is 0 Å². The first kappa shape index (κ1) is 12.2. The van der Waals surface area contributed by atoms with Crippen LogP contribution < -0.4 is 15.8 Å². The van der Waals surface area contributed by atoms with Gasteiger partial charge >= 0.3 is 0 Å². The number of nitrogens with one attached hydrogen (secondary N) is 2. The van der Waals surface area contributed by atoms with Gasteiger partial charge in [0.25, 0.3) is 5.91 Å². The minimum Gasteiger partial charge on any atom is -0.495 e. The monoisotopic (exact) mass is 267 g/mol. The Balaban J connectivity index is 2.16. The molecule has 18 heavy (non-hydrogen) atoms. The molecule has 94 valence electrons. The van der Waals surface area contributed by atoms with E-state index < -0.39 is 5.91 Å². The zero-order valence-corrected chi connectivity index (χ0v) is 10.2. The predicted octanol–water partition coefficient (Wildman–Crippen LogP) is 1.30. The molecule has 0 aliphatic rings. The van der Waals surface area contributed by atoms with Crippen LogP contribution in [0.2, 0.25) is 5.02 Å². The third-order valence-electron chi connectivity index (χ3n) is 2.13. The zero-order chi connectivity index (χ0) is 13.1. The van der Waals surface area contributed by atoms with Crippen molar-refractivity contribution in [3.8, 4) is 5.75 Å². The fraction of sp³-hybridized carbons (Fsp3) is 0.100. The number of H-pyrrole nitrogens is 1. The van der Waals surface area contributed by atoms with Crippen LogP contribution in [0, 0.1) is 0 Å². The van der Waals surface area contributed by atoms with Gasteiger partial charge in [0.2, 0.25) is 11.8 Å². The number of hydrogen-bond donors (Lipinski definition) is 3. The van der Waals surface area contributed by atoms with Gasteiger partial charge in [0.05, 0.1) is 12.1 Å². The summed E-state index contributed by atoms with van der Waals surface area (Å²) in [6.45, 7) is 0. The van der Waals surface area contributed by atoms with Crippen molar-refractivity contribution in [3.63, 3.8) is 0 Å². The molecule has 1 aromatic carbocycles. The minimum atomic E-state index is -0.455. The number of rotatable bonds is 3. The van der Waals surface area contributed by atoms with E-state index >= 15 is 0 Å². The van der Waals surface area contributed by atoms with Gasteiger partial charge in [-0.15, -0.1) is 5.10 Å². The van der Waals surface area contributed by atoms with E-state index in [9.17, 15) is 4.79 Å². The number of aromatic amines is 1. The van der Waals surface area contributed by atoms with Crippen LogP contribution >= 0.6 is 11.6 Å². The highest BCUT2D eigenvalue weighted by Gasteiger charge is 2.11. The second-order valence-electron chi connectivity index (χ2n) is 3.35. The first-order valence-corrected chi connectivity index (χ1v) is 5.30. The lowest BCUT2D eigenvalue weighted by Gasteiger charge is -2.06. The molecule has 0 bridgehead atoms. The molecule has 0 atom stereocenters. The molecule has 0 aliphatic carbocycles. The van der Waals surface area contributed by atoms with E-state index in [4.69, 9.17) is 22.1 Å². The van der Waals surface area contributed by atoms with Crippen molar-refractivity contribution in [2.45, 2.75) is 0 Å². The summed E-state index contributed by atoms with van der Waals surface area (Å²) in [4.78, 5) is 15.4. The number of carbonyl (C=O) groups is 1. The number of nitrogens with two attached hydrogens (primary N) is 1. The van der Waals surface area contributed by atoms with Gasteiger partial charge in [0.15, 0.2) is 0 Å². The topological polar surface area (TPSA) is 106 Å². The van der Waals surface area contributed by atoms with E-state index in [1.54, 1.807) is 18.2 Å². The van der Waals surface area contributed by atoms with Crippen molar-refractivity contribution < 1.29 is 9.53 Å². The fourth-order valence-electron chi connectivity index (χ4n) is 1.30. The van der Waals surface area contributed by atoms with Gasteiger partial charge in [-0.1, -0.05) is 11.6 Å². The first-order chi connectivity index (χ1) is 8.60. The summed E-state index contributed by atoms with van der Waals surface area (Å²) in [6, 6.07) is 4.85. The molecule has 1 aromatic heterocycles. The molecule has 2 aromatic rings. The van der Waals surface area contributed by atoms with E-state index in [0.717, 1.165) is 0 Å². The molecular formula is C10H10ClN5O2. The number of aromatic nitrogens is 3. The number of methoxy groups -OCH3 is 1. The molecule has 0 saturated heterocycles. The lowest BCUT2D eigenvalue weighted by molar-refractivity contribution is 0.101. The second-order valence-corrected chi connectivity index (χ2v) is 3.75. The van der Waals surface area contributed by atoms with Crippen LogP contribution in [0.1, 0.15) is 10.6 Å². The molecule has 0 radical (unpaired) electrons. The number of benzene rings is 1. The van der Waals surface area contributed by atoms with E-state index in [-0.39, 0.29) is 11.8 Å². The van der Waals surface area contributed by atoms with Gasteiger partial charge in [-0.05, 0) is 12.1 Å². The Morgan fingerprint density at radius 1 is 1.56 bits per heavy atom. The van der Waals surface area contributed by atoms with Gasteiger partial charge < -0.3 is 15.8 Å². The first-order valence-electron chi connectivity index (χ1n) is 4.93. The van der Waals surface area contributed by atoms with Crippen molar-refractivity contribution >= 4 is 29.1 Å². The molecule has 8 heteroatoms. The Morgan fingerprint density at radius 2 is 2.33 bits per heavy atom. The summed E-state index contributed by atoms with van der Waals surface area (Å²) in [5, 5.41) is 9.04. The van der Waals surface area contributed by atoms with E-state index in [2.05, 4.69) is 20.5 Å². The number of halogens is 1. The van der Waals surface area contributed by atoms with Crippen molar-refractivity contribution in [3.05, 3.63) is 29.0 Å². The minimum absolute atomic E-state index is 0.00818. The number of ether oxygens (including phenoxy) is 1. The molecule has 0 aliphatic heterocycles. The summed E-state index contributed by atoms with van der Waals surface area (Å²) in [5.41, 5.74) is 5.83. The lowest BCUT2D eigenvalue weighted by Crippen LogP contribution is -2.13. The van der Waals surface area contributed by atoms with Gasteiger partial charge in [-0.25, -0.2) is 0 Å². The van der Waals surface area contributed by atoms with E-state index in [1.165, 1.54) is 7.11 Å². The SMILES string of the molecule is COc1cc(NC(=O)c2nc(N)n[nH]2)ccc1Cl. The fourth-order valence-corrected chi connectivity index (χ4v) is 1.50. The number of carbonyl (C=O) groups excluding carboxylic acids is 1. The quantitative estimate of drug-likeness (QED) is 0.777. The van der Waals surface area contributed by atoms with E-state index in [1.807, 2.05) is 0 Å². The molecular weight excluding hydrogens is 258 g/mol. The van der Waals surface area contributed by atoms with Crippen LogP contribution in [-0.4, -0.2) is 28.2 Å². The van der Waals surface area contributed by atoms with Crippen molar-refractivity contribution in [2.24, 2.45) is 0 Å². The van der Waals surface area contributed by atoms with Crippen LogP contribution in [0.4, 0.5) is 11.6 Å². The Bertz CT molecular complexity index is 583. The van der Waals surface area contributed by atoms with E-state index in [0.29, 0.717) is 16.5 Å². The van der Waals surface area contributed by atoms with Gasteiger partial charge in [-0.2, -0.15) is 4.98 Å².